The van der Waals surface area contributed by atoms with E-state index in [9.17, 15) is 17.6 Å². The monoisotopic (exact) mass is 325 g/mol. The van der Waals surface area contributed by atoms with E-state index in [0.29, 0.717) is 0 Å². The van der Waals surface area contributed by atoms with Crippen molar-refractivity contribution >= 4 is 34.7 Å². The van der Waals surface area contributed by atoms with Crippen LogP contribution in [0.3, 0.4) is 0 Å². The smallest absolute Gasteiger partial charge is 0.337 e. The van der Waals surface area contributed by atoms with Gasteiger partial charge in [0, 0.05) is 5.02 Å². The fraction of sp³-hybridized carbons (Fsp3) is 0.0909. The molecule has 0 amide bonds. The molecule has 0 unspecified atom stereocenters. The van der Waals surface area contributed by atoms with Gasteiger partial charge in [-0.25, -0.2) is 9.37 Å². The highest BCUT2D eigenvalue weighted by Crippen LogP contribution is 2.37. The van der Waals surface area contributed by atoms with Gasteiger partial charge in [0.15, 0.2) is 11.6 Å². The quantitative estimate of drug-likeness (QED) is 0.643. The Morgan fingerprint density at radius 2 is 1.85 bits per heavy atom. The van der Waals surface area contributed by atoms with Gasteiger partial charge in [0.1, 0.15) is 0 Å². The first kappa shape index (κ1) is 14.8. The Morgan fingerprint density at radius 1 is 1.15 bits per heavy atom. The van der Waals surface area contributed by atoms with Crippen molar-refractivity contribution in [2.75, 3.05) is 5.32 Å². The molecular formula is C11H5Cl2F4N3. The Labute approximate surface area is 120 Å². The molecule has 3 nitrogen and oxygen atoms in total. The van der Waals surface area contributed by atoms with Crippen molar-refractivity contribution in [2.24, 2.45) is 0 Å². The second kappa shape index (κ2) is 5.41. The van der Waals surface area contributed by atoms with Crippen LogP contribution in [0.5, 0.6) is 0 Å². The molecule has 0 atom stereocenters. The van der Waals surface area contributed by atoms with Gasteiger partial charge in [-0.1, -0.05) is 11.6 Å². The van der Waals surface area contributed by atoms with Crippen molar-refractivity contribution < 1.29 is 17.6 Å². The number of benzene rings is 1. The summed E-state index contributed by atoms with van der Waals surface area (Å²) in [5.41, 5.74) is -1.44. The molecule has 0 spiro atoms. The maximum Gasteiger partial charge on any atom is 0.418 e. The summed E-state index contributed by atoms with van der Waals surface area (Å²) in [5.74, 6) is -1.39. The summed E-state index contributed by atoms with van der Waals surface area (Å²) in [6.07, 6.45) is -3.90. The molecule has 0 radical (unpaired) electrons. The summed E-state index contributed by atoms with van der Waals surface area (Å²) >= 11 is 11.0. The van der Waals surface area contributed by atoms with Crippen LogP contribution in [0.4, 0.5) is 29.1 Å². The van der Waals surface area contributed by atoms with Gasteiger partial charge in [-0.3, -0.25) is 0 Å². The fourth-order valence-corrected chi connectivity index (χ4v) is 1.73. The van der Waals surface area contributed by atoms with E-state index < -0.39 is 29.1 Å². The molecule has 0 saturated carbocycles. The fourth-order valence-electron chi connectivity index (χ4n) is 1.42. The van der Waals surface area contributed by atoms with Crippen molar-refractivity contribution in [1.29, 1.82) is 0 Å². The van der Waals surface area contributed by atoms with Crippen molar-refractivity contribution in [2.45, 2.75) is 6.18 Å². The minimum atomic E-state index is -4.65. The molecule has 1 aromatic heterocycles. The Balaban J connectivity index is 2.46. The SMILES string of the molecule is Fc1cnc(Cl)nc1Nc1ccc(Cl)cc1C(F)(F)F. The molecule has 9 heteroatoms. The van der Waals surface area contributed by atoms with Crippen LogP contribution in [0.2, 0.25) is 10.3 Å². The number of alkyl halides is 3. The molecule has 1 N–H and O–H groups in total. The summed E-state index contributed by atoms with van der Waals surface area (Å²) in [7, 11) is 0. The summed E-state index contributed by atoms with van der Waals surface area (Å²) in [6, 6.07) is 3.03. The molecular weight excluding hydrogens is 321 g/mol. The Hall–Kier alpha value is -1.60. The molecule has 1 heterocycles. The van der Waals surface area contributed by atoms with Crippen LogP contribution in [0, 0.1) is 5.82 Å². The lowest BCUT2D eigenvalue weighted by molar-refractivity contribution is -0.136. The van der Waals surface area contributed by atoms with Crippen LogP contribution in [-0.2, 0) is 6.18 Å². The average Bonchev–Trinajstić information content (AvgIpc) is 2.34. The van der Waals surface area contributed by atoms with Gasteiger partial charge in [0.25, 0.3) is 0 Å². The van der Waals surface area contributed by atoms with E-state index in [1.807, 2.05) is 0 Å². The van der Waals surface area contributed by atoms with Crippen LogP contribution in [0.15, 0.2) is 24.4 Å². The van der Waals surface area contributed by atoms with Crippen molar-refractivity contribution in [3.63, 3.8) is 0 Å². The van der Waals surface area contributed by atoms with E-state index in [1.54, 1.807) is 0 Å². The Morgan fingerprint density at radius 3 is 2.50 bits per heavy atom. The van der Waals surface area contributed by atoms with E-state index in [0.717, 1.165) is 18.3 Å². The molecule has 2 rings (SSSR count). The lowest BCUT2D eigenvalue weighted by atomic mass is 10.1. The molecule has 106 valence electrons. The lowest BCUT2D eigenvalue weighted by Crippen LogP contribution is -2.10. The zero-order valence-electron chi connectivity index (χ0n) is 9.47. The Kier molecular flexibility index (Phi) is 4.01. The normalized spacial score (nSPS) is 11.5. The van der Waals surface area contributed by atoms with Crippen molar-refractivity contribution in [3.05, 3.63) is 46.1 Å². The third kappa shape index (κ3) is 3.29. The number of nitrogens with one attached hydrogen (secondary N) is 1. The number of halogens is 6. The third-order valence-electron chi connectivity index (χ3n) is 2.25. The predicted octanol–water partition coefficient (Wildman–Crippen LogP) is 4.68. The molecule has 2 aromatic rings. The first-order valence-electron chi connectivity index (χ1n) is 5.09. The number of hydrogen-bond donors (Lipinski definition) is 1. The van der Waals surface area contributed by atoms with Gasteiger partial charge in [-0.2, -0.15) is 18.2 Å². The van der Waals surface area contributed by atoms with Crippen LogP contribution < -0.4 is 5.32 Å². The highest BCUT2D eigenvalue weighted by molar-refractivity contribution is 6.30. The molecule has 20 heavy (non-hydrogen) atoms. The minimum absolute atomic E-state index is 0.0935. The van der Waals surface area contributed by atoms with Gasteiger partial charge in [-0.05, 0) is 29.8 Å². The predicted molar refractivity (Wildman–Crippen MR) is 66.7 cm³/mol. The average molecular weight is 326 g/mol. The summed E-state index contributed by atoms with van der Waals surface area (Å²) < 4.78 is 52.0. The van der Waals surface area contributed by atoms with E-state index in [1.165, 1.54) is 6.07 Å². The topological polar surface area (TPSA) is 37.8 Å². The standard InChI is InChI=1S/C11H5Cl2F4N3/c12-5-1-2-8(6(3-5)11(15,16)17)19-9-7(14)4-18-10(13)20-9/h1-4H,(H,18,19,20). The van der Waals surface area contributed by atoms with Crippen molar-refractivity contribution in [1.82, 2.24) is 9.97 Å². The number of anilines is 2. The van der Waals surface area contributed by atoms with E-state index in [-0.39, 0.29) is 10.3 Å². The first-order chi connectivity index (χ1) is 9.27. The summed E-state index contributed by atoms with van der Waals surface area (Å²) in [5, 5.41) is 1.84. The minimum Gasteiger partial charge on any atom is -0.337 e. The van der Waals surface area contributed by atoms with E-state index in [4.69, 9.17) is 23.2 Å². The number of hydrogen-bond acceptors (Lipinski definition) is 3. The van der Waals surface area contributed by atoms with Crippen LogP contribution in [-0.4, -0.2) is 9.97 Å². The second-order valence-electron chi connectivity index (χ2n) is 3.65. The molecule has 1 aromatic carbocycles. The van der Waals surface area contributed by atoms with Crippen LogP contribution >= 0.6 is 23.2 Å². The molecule has 0 saturated heterocycles. The molecule has 0 aliphatic rings. The lowest BCUT2D eigenvalue weighted by Gasteiger charge is -2.14. The van der Waals surface area contributed by atoms with E-state index in [2.05, 4.69) is 15.3 Å². The Bertz CT molecular complexity index is 646. The van der Waals surface area contributed by atoms with Gasteiger partial charge < -0.3 is 5.32 Å². The third-order valence-corrected chi connectivity index (χ3v) is 2.67. The van der Waals surface area contributed by atoms with Crippen LogP contribution in [0.25, 0.3) is 0 Å². The van der Waals surface area contributed by atoms with Gasteiger partial charge in [0.2, 0.25) is 5.28 Å². The zero-order valence-corrected chi connectivity index (χ0v) is 11.0. The number of nitrogens with zero attached hydrogens (tertiary/aromatic N) is 2. The largest absolute Gasteiger partial charge is 0.418 e. The number of rotatable bonds is 2. The van der Waals surface area contributed by atoms with Gasteiger partial charge in [-0.15, -0.1) is 0 Å². The van der Waals surface area contributed by atoms with Crippen LogP contribution in [0.1, 0.15) is 5.56 Å². The maximum atomic E-state index is 13.4. The molecule has 0 aliphatic carbocycles. The summed E-state index contributed by atoms with van der Waals surface area (Å²) in [4.78, 5) is 6.84. The number of aromatic nitrogens is 2. The summed E-state index contributed by atoms with van der Waals surface area (Å²) in [6.45, 7) is 0. The zero-order chi connectivity index (χ0) is 14.9. The first-order valence-corrected chi connectivity index (χ1v) is 5.85. The molecule has 0 bridgehead atoms. The highest BCUT2D eigenvalue weighted by atomic mass is 35.5. The molecule has 0 fully saturated rings. The van der Waals surface area contributed by atoms with Gasteiger partial charge in [0.05, 0.1) is 17.4 Å². The highest BCUT2D eigenvalue weighted by Gasteiger charge is 2.34. The van der Waals surface area contributed by atoms with E-state index >= 15 is 0 Å². The second-order valence-corrected chi connectivity index (χ2v) is 4.42. The molecule has 0 aliphatic heterocycles. The maximum absolute atomic E-state index is 13.4. The van der Waals surface area contributed by atoms with Gasteiger partial charge >= 0.3 is 6.18 Å². The van der Waals surface area contributed by atoms with Crippen molar-refractivity contribution in [3.8, 4) is 0 Å².